The lowest BCUT2D eigenvalue weighted by atomic mass is 10.1. The molecule has 5 rings (SSSR count). The van der Waals surface area contributed by atoms with Crippen molar-refractivity contribution in [2.75, 3.05) is 0 Å². The van der Waals surface area contributed by atoms with E-state index in [1.807, 2.05) is 55.5 Å². The number of rotatable bonds is 6. The molecule has 4 aromatic rings. The van der Waals surface area contributed by atoms with Crippen LogP contribution in [-0.4, -0.2) is 25.0 Å². The van der Waals surface area contributed by atoms with Crippen molar-refractivity contribution in [3.8, 4) is 22.8 Å². The Morgan fingerprint density at radius 1 is 1.03 bits per heavy atom. The highest BCUT2D eigenvalue weighted by molar-refractivity contribution is 7.98. The van der Waals surface area contributed by atoms with E-state index in [0.29, 0.717) is 28.6 Å². The van der Waals surface area contributed by atoms with Gasteiger partial charge in [0.2, 0.25) is 11.8 Å². The number of benzene rings is 2. The molecule has 1 aliphatic carbocycles. The van der Waals surface area contributed by atoms with E-state index in [4.69, 9.17) is 16.0 Å². The highest BCUT2D eigenvalue weighted by Crippen LogP contribution is 2.38. The average Bonchev–Trinajstić information content (AvgIpc) is 3.53. The molecule has 0 N–H and O–H groups in total. The van der Waals surface area contributed by atoms with Crippen molar-refractivity contribution in [2.24, 2.45) is 0 Å². The van der Waals surface area contributed by atoms with Crippen molar-refractivity contribution >= 4 is 23.4 Å². The van der Waals surface area contributed by atoms with E-state index in [1.54, 1.807) is 11.8 Å². The number of hydrogen-bond acceptors (Lipinski definition) is 6. The summed E-state index contributed by atoms with van der Waals surface area (Å²) < 4.78 is 8.15. The van der Waals surface area contributed by atoms with Gasteiger partial charge in [-0.1, -0.05) is 66.0 Å². The molecule has 0 unspecified atom stereocenters. The van der Waals surface area contributed by atoms with Gasteiger partial charge >= 0.3 is 0 Å². The number of nitrogens with zero attached hydrogens (tertiary/aromatic N) is 5. The van der Waals surface area contributed by atoms with E-state index < -0.39 is 0 Å². The zero-order valence-corrected chi connectivity index (χ0v) is 18.7. The Bertz CT molecular complexity index is 1200. The summed E-state index contributed by atoms with van der Waals surface area (Å²) in [7, 11) is 0. The first-order valence-corrected chi connectivity index (χ1v) is 11.8. The van der Waals surface area contributed by atoms with Gasteiger partial charge in [-0.05, 0) is 44.0 Å². The van der Waals surface area contributed by atoms with Crippen LogP contribution in [0.2, 0.25) is 5.02 Å². The number of halogens is 1. The molecule has 31 heavy (non-hydrogen) atoms. The first kappa shape index (κ1) is 20.3. The summed E-state index contributed by atoms with van der Waals surface area (Å²) >= 11 is 8.04. The topological polar surface area (TPSA) is 69.6 Å². The van der Waals surface area contributed by atoms with Crippen LogP contribution in [0.3, 0.4) is 0 Å². The van der Waals surface area contributed by atoms with Crippen LogP contribution < -0.4 is 0 Å². The standard InChI is InChI=1S/C23H22ClN5OS/c1-15-7-6-8-16(13-15)22-27-25-20(30-22)14-31-23-28-26-21(18-11-4-5-12-19(18)24)29(23)17-9-2-3-10-17/h4-8,11-13,17H,2-3,9-10,14H2,1H3. The Morgan fingerprint density at radius 2 is 1.87 bits per heavy atom. The van der Waals surface area contributed by atoms with Gasteiger partial charge < -0.3 is 4.42 Å². The van der Waals surface area contributed by atoms with E-state index in [2.05, 4.69) is 25.0 Å². The van der Waals surface area contributed by atoms with Crippen molar-refractivity contribution in [2.45, 2.75) is 49.6 Å². The molecule has 0 aliphatic heterocycles. The molecule has 1 saturated carbocycles. The van der Waals surface area contributed by atoms with E-state index in [0.717, 1.165) is 40.5 Å². The molecule has 0 saturated heterocycles. The quantitative estimate of drug-likeness (QED) is 0.317. The second-order valence-corrected chi connectivity index (χ2v) is 9.10. The predicted molar refractivity (Wildman–Crippen MR) is 122 cm³/mol. The van der Waals surface area contributed by atoms with Gasteiger partial charge in [0.15, 0.2) is 11.0 Å². The van der Waals surface area contributed by atoms with Crippen LogP contribution >= 0.6 is 23.4 Å². The van der Waals surface area contributed by atoms with Gasteiger partial charge in [-0.2, -0.15) is 0 Å². The van der Waals surface area contributed by atoms with Crippen molar-refractivity contribution in [3.05, 3.63) is 65.0 Å². The molecule has 158 valence electrons. The normalized spacial score (nSPS) is 14.4. The van der Waals surface area contributed by atoms with Crippen LogP contribution in [0, 0.1) is 6.92 Å². The fourth-order valence-corrected chi connectivity index (χ4v) is 5.09. The smallest absolute Gasteiger partial charge is 0.247 e. The predicted octanol–water partition coefficient (Wildman–Crippen LogP) is 6.36. The third kappa shape index (κ3) is 4.25. The van der Waals surface area contributed by atoms with E-state index in [-0.39, 0.29) is 0 Å². The largest absolute Gasteiger partial charge is 0.420 e. The molecular weight excluding hydrogens is 430 g/mol. The molecule has 0 radical (unpaired) electrons. The summed E-state index contributed by atoms with van der Waals surface area (Å²) in [5.74, 6) is 2.47. The Hall–Kier alpha value is -2.64. The maximum Gasteiger partial charge on any atom is 0.247 e. The third-order valence-electron chi connectivity index (χ3n) is 5.53. The summed E-state index contributed by atoms with van der Waals surface area (Å²) in [6.07, 6.45) is 4.69. The second kappa shape index (κ2) is 8.85. The lowest BCUT2D eigenvalue weighted by Gasteiger charge is -2.17. The minimum atomic E-state index is 0.384. The molecule has 1 fully saturated rings. The number of hydrogen-bond donors (Lipinski definition) is 0. The lowest BCUT2D eigenvalue weighted by molar-refractivity contribution is 0.484. The number of aromatic nitrogens is 5. The van der Waals surface area contributed by atoms with Gasteiger partial charge in [0, 0.05) is 17.2 Å². The third-order valence-corrected chi connectivity index (χ3v) is 6.78. The molecular formula is C23H22ClN5OS. The van der Waals surface area contributed by atoms with Gasteiger partial charge in [-0.15, -0.1) is 20.4 Å². The van der Waals surface area contributed by atoms with Gasteiger partial charge in [0.25, 0.3) is 0 Å². The molecule has 0 amide bonds. The van der Waals surface area contributed by atoms with Crippen molar-refractivity contribution in [1.29, 1.82) is 0 Å². The maximum absolute atomic E-state index is 6.47. The van der Waals surface area contributed by atoms with Gasteiger partial charge in [-0.3, -0.25) is 4.57 Å². The van der Waals surface area contributed by atoms with Crippen LogP contribution in [-0.2, 0) is 5.75 Å². The monoisotopic (exact) mass is 451 g/mol. The summed E-state index contributed by atoms with van der Waals surface area (Å²) in [5.41, 5.74) is 3.00. The Kier molecular flexibility index (Phi) is 5.78. The molecule has 2 aromatic heterocycles. The fraction of sp³-hybridized carbons (Fsp3) is 0.304. The summed E-state index contributed by atoms with van der Waals surface area (Å²) in [6, 6.07) is 16.2. The molecule has 0 spiro atoms. The van der Waals surface area contributed by atoms with Crippen molar-refractivity contribution in [3.63, 3.8) is 0 Å². The van der Waals surface area contributed by atoms with Crippen LogP contribution in [0.5, 0.6) is 0 Å². The second-order valence-electron chi connectivity index (χ2n) is 7.75. The Balaban J connectivity index is 1.40. The Labute approximate surface area is 190 Å². The summed E-state index contributed by atoms with van der Waals surface area (Å²) in [6.45, 7) is 2.04. The number of aryl methyl sites for hydroxylation is 1. The van der Waals surface area contributed by atoms with E-state index in [9.17, 15) is 0 Å². The van der Waals surface area contributed by atoms with Crippen LogP contribution in [0.25, 0.3) is 22.8 Å². The maximum atomic E-state index is 6.47. The first-order valence-electron chi connectivity index (χ1n) is 10.4. The molecule has 1 aliphatic rings. The summed E-state index contributed by atoms with van der Waals surface area (Å²) in [4.78, 5) is 0. The zero-order valence-electron chi connectivity index (χ0n) is 17.2. The average molecular weight is 452 g/mol. The SMILES string of the molecule is Cc1cccc(-c2nnc(CSc3nnc(-c4ccccc4Cl)n3C3CCCC3)o2)c1. The van der Waals surface area contributed by atoms with Crippen molar-refractivity contribution in [1.82, 2.24) is 25.0 Å². The van der Waals surface area contributed by atoms with Crippen LogP contribution in [0.4, 0.5) is 0 Å². The van der Waals surface area contributed by atoms with Crippen LogP contribution in [0.15, 0.2) is 58.1 Å². The lowest BCUT2D eigenvalue weighted by Crippen LogP contribution is -2.08. The van der Waals surface area contributed by atoms with E-state index >= 15 is 0 Å². The zero-order chi connectivity index (χ0) is 21.2. The van der Waals surface area contributed by atoms with Crippen LogP contribution in [0.1, 0.15) is 43.2 Å². The molecule has 0 atom stereocenters. The summed E-state index contributed by atoms with van der Waals surface area (Å²) in [5, 5.41) is 19.0. The molecule has 0 bridgehead atoms. The Morgan fingerprint density at radius 3 is 2.68 bits per heavy atom. The minimum absolute atomic E-state index is 0.384. The molecule has 6 nitrogen and oxygen atoms in total. The van der Waals surface area contributed by atoms with Gasteiger partial charge in [-0.25, -0.2) is 0 Å². The highest BCUT2D eigenvalue weighted by Gasteiger charge is 2.26. The molecule has 2 aromatic carbocycles. The first-order chi connectivity index (χ1) is 15.2. The molecule has 8 heteroatoms. The molecule has 2 heterocycles. The van der Waals surface area contributed by atoms with Gasteiger partial charge in [0.1, 0.15) is 0 Å². The highest BCUT2D eigenvalue weighted by atomic mass is 35.5. The van der Waals surface area contributed by atoms with E-state index in [1.165, 1.54) is 12.8 Å². The minimum Gasteiger partial charge on any atom is -0.420 e. The van der Waals surface area contributed by atoms with Gasteiger partial charge in [0.05, 0.1) is 10.8 Å². The van der Waals surface area contributed by atoms with Crippen molar-refractivity contribution < 1.29 is 4.42 Å². The number of thioether (sulfide) groups is 1. The fourth-order valence-electron chi connectivity index (χ4n) is 4.03.